The second-order valence-electron chi connectivity index (χ2n) is 9.10. The van der Waals surface area contributed by atoms with Crippen molar-refractivity contribution in [2.75, 3.05) is 4.90 Å². The average molecular weight is 488 g/mol. The molecule has 0 saturated carbocycles. The van der Waals surface area contributed by atoms with Crippen molar-refractivity contribution in [3.8, 4) is 0 Å². The van der Waals surface area contributed by atoms with Crippen LogP contribution in [0.15, 0.2) is 86.5 Å². The van der Waals surface area contributed by atoms with E-state index in [9.17, 15) is 9.59 Å². The fourth-order valence-electron chi connectivity index (χ4n) is 4.29. The molecule has 3 aromatic carbocycles. The number of hydrogen-bond acceptors (Lipinski definition) is 3. The normalized spacial score (nSPS) is 15.9. The monoisotopic (exact) mass is 487 g/mol. The van der Waals surface area contributed by atoms with E-state index in [0.29, 0.717) is 22.2 Å². The van der Waals surface area contributed by atoms with Gasteiger partial charge in [0.2, 0.25) is 5.76 Å². The Morgan fingerprint density at radius 1 is 0.906 bits per heavy atom. The van der Waals surface area contributed by atoms with E-state index < -0.39 is 6.04 Å². The number of benzene rings is 3. The number of amides is 1. The van der Waals surface area contributed by atoms with Crippen molar-refractivity contribution in [1.29, 1.82) is 0 Å². The Morgan fingerprint density at radius 3 is 2.31 bits per heavy atom. The Balaban J connectivity index is 1.77. The fraction of sp³-hybridized carbons (Fsp3) is 0.185. The molecule has 1 aromatic heterocycles. The van der Waals surface area contributed by atoms with Crippen LogP contribution in [0.3, 0.4) is 0 Å². The molecular weight excluding hydrogens is 466 g/mol. The average Bonchev–Trinajstić information content (AvgIpc) is 3.06. The molecule has 0 aliphatic carbocycles. The molecule has 2 heterocycles. The first kappa shape index (κ1) is 20.7. The van der Waals surface area contributed by atoms with Gasteiger partial charge < -0.3 is 4.42 Å². The van der Waals surface area contributed by atoms with Gasteiger partial charge in [0, 0.05) is 10.2 Å². The second-order valence-corrected chi connectivity index (χ2v) is 10.0. The van der Waals surface area contributed by atoms with E-state index in [-0.39, 0.29) is 22.5 Å². The molecule has 4 nitrogen and oxygen atoms in total. The molecule has 0 bridgehead atoms. The molecule has 1 aliphatic rings. The van der Waals surface area contributed by atoms with E-state index in [4.69, 9.17) is 4.42 Å². The zero-order valence-corrected chi connectivity index (χ0v) is 19.6. The van der Waals surface area contributed by atoms with Crippen molar-refractivity contribution in [1.82, 2.24) is 0 Å². The van der Waals surface area contributed by atoms with Gasteiger partial charge in [0.05, 0.1) is 17.0 Å². The summed E-state index contributed by atoms with van der Waals surface area (Å²) < 4.78 is 6.86. The lowest BCUT2D eigenvalue weighted by molar-refractivity contribution is 0.0971. The smallest absolute Gasteiger partial charge is 0.295 e. The molecule has 160 valence electrons. The van der Waals surface area contributed by atoms with E-state index in [0.717, 1.165) is 10.0 Å². The van der Waals surface area contributed by atoms with Crippen molar-refractivity contribution in [2.45, 2.75) is 32.2 Å². The minimum Gasteiger partial charge on any atom is -0.450 e. The van der Waals surface area contributed by atoms with Crippen molar-refractivity contribution < 1.29 is 9.21 Å². The minimum atomic E-state index is -0.568. The second kappa shape index (κ2) is 7.45. The highest BCUT2D eigenvalue weighted by atomic mass is 79.9. The highest BCUT2D eigenvalue weighted by molar-refractivity contribution is 9.10. The Hall–Kier alpha value is -3.18. The lowest BCUT2D eigenvalue weighted by atomic mass is 9.86. The highest BCUT2D eigenvalue weighted by Crippen LogP contribution is 2.42. The van der Waals surface area contributed by atoms with Crippen LogP contribution in [0.25, 0.3) is 11.0 Å². The number of rotatable bonds is 2. The largest absolute Gasteiger partial charge is 0.450 e. The first-order valence-electron chi connectivity index (χ1n) is 10.5. The number of hydrogen-bond donors (Lipinski definition) is 0. The summed E-state index contributed by atoms with van der Waals surface area (Å²) in [7, 11) is 0. The van der Waals surface area contributed by atoms with Gasteiger partial charge in [-0.05, 0) is 46.9 Å². The lowest BCUT2D eigenvalue weighted by Gasteiger charge is -2.26. The summed E-state index contributed by atoms with van der Waals surface area (Å²) >= 11 is 3.50. The maximum absolute atomic E-state index is 13.6. The quantitative estimate of drug-likeness (QED) is 0.319. The van der Waals surface area contributed by atoms with Crippen molar-refractivity contribution >= 4 is 38.5 Å². The van der Waals surface area contributed by atoms with Gasteiger partial charge in [-0.25, -0.2) is 0 Å². The SMILES string of the molecule is CC(C)(C)c1ccc(C2c3c(oc4ccccc4c3=O)C(=O)N2c2cccc(Br)c2)cc1. The summed E-state index contributed by atoms with van der Waals surface area (Å²) in [6.07, 6.45) is 0. The summed E-state index contributed by atoms with van der Waals surface area (Å²) in [5.41, 5.74) is 3.39. The number of para-hydroxylation sites is 1. The molecule has 0 radical (unpaired) electrons. The molecule has 1 aliphatic heterocycles. The molecule has 1 unspecified atom stereocenters. The van der Waals surface area contributed by atoms with E-state index in [2.05, 4.69) is 48.8 Å². The van der Waals surface area contributed by atoms with Gasteiger partial charge in [-0.15, -0.1) is 0 Å². The van der Waals surface area contributed by atoms with Crippen LogP contribution in [0, 0.1) is 0 Å². The zero-order chi connectivity index (χ0) is 22.6. The van der Waals surface area contributed by atoms with Crippen molar-refractivity contribution in [3.63, 3.8) is 0 Å². The van der Waals surface area contributed by atoms with Crippen LogP contribution >= 0.6 is 15.9 Å². The van der Waals surface area contributed by atoms with Gasteiger partial charge in [0.15, 0.2) is 5.43 Å². The predicted octanol–water partition coefficient (Wildman–Crippen LogP) is 6.60. The summed E-state index contributed by atoms with van der Waals surface area (Å²) in [6.45, 7) is 6.47. The summed E-state index contributed by atoms with van der Waals surface area (Å²) in [6, 6.07) is 22.2. The van der Waals surface area contributed by atoms with Gasteiger partial charge in [-0.1, -0.05) is 79.2 Å². The van der Waals surface area contributed by atoms with E-state index in [1.54, 1.807) is 23.1 Å². The Labute approximate surface area is 194 Å². The fourth-order valence-corrected chi connectivity index (χ4v) is 4.68. The van der Waals surface area contributed by atoms with Crippen molar-refractivity contribution in [3.05, 3.63) is 110 Å². The van der Waals surface area contributed by atoms with Crippen molar-refractivity contribution in [2.24, 2.45) is 0 Å². The molecule has 0 N–H and O–H groups in total. The first-order chi connectivity index (χ1) is 15.3. The number of nitrogens with zero attached hydrogens (tertiary/aromatic N) is 1. The molecule has 5 heteroatoms. The van der Waals surface area contributed by atoms with Crippen LogP contribution in [0.1, 0.15) is 54.1 Å². The predicted molar refractivity (Wildman–Crippen MR) is 130 cm³/mol. The Kier molecular flexibility index (Phi) is 4.82. The van der Waals surface area contributed by atoms with Crippen LogP contribution in [0.4, 0.5) is 5.69 Å². The topological polar surface area (TPSA) is 50.5 Å². The van der Waals surface area contributed by atoms with Crippen LogP contribution < -0.4 is 10.3 Å². The first-order valence-corrected chi connectivity index (χ1v) is 11.3. The third-order valence-corrected chi connectivity index (χ3v) is 6.45. The number of carbonyl (C=O) groups is 1. The standard InChI is InChI=1S/C27H22BrNO3/c1-27(2,3)17-13-11-16(12-14-17)23-22-24(30)20-9-4-5-10-21(20)32-25(22)26(31)29(23)19-8-6-7-18(28)15-19/h4-15,23H,1-3H3. The van der Waals surface area contributed by atoms with Crippen LogP contribution in [-0.4, -0.2) is 5.91 Å². The molecule has 32 heavy (non-hydrogen) atoms. The molecule has 0 spiro atoms. The molecule has 4 aromatic rings. The number of anilines is 1. The van der Waals surface area contributed by atoms with Crippen LogP contribution in [0.5, 0.6) is 0 Å². The van der Waals surface area contributed by atoms with E-state index >= 15 is 0 Å². The van der Waals surface area contributed by atoms with Crippen LogP contribution in [0.2, 0.25) is 0 Å². The van der Waals surface area contributed by atoms with Gasteiger partial charge >= 0.3 is 0 Å². The van der Waals surface area contributed by atoms with E-state index in [1.807, 2.05) is 42.5 Å². The maximum Gasteiger partial charge on any atom is 0.295 e. The lowest BCUT2D eigenvalue weighted by Crippen LogP contribution is -2.29. The highest BCUT2D eigenvalue weighted by Gasteiger charge is 2.43. The molecular formula is C27H22BrNO3. The molecule has 0 saturated heterocycles. The Bertz CT molecular complexity index is 1410. The molecule has 0 fully saturated rings. The summed E-state index contributed by atoms with van der Waals surface area (Å²) in [4.78, 5) is 28.8. The molecule has 5 rings (SSSR count). The third-order valence-electron chi connectivity index (χ3n) is 5.96. The number of carbonyl (C=O) groups excluding carboxylic acids is 1. The molecule has 1 amide bonds. The maximum atomic E-state index is 13.6. The van der Waals surface area contributed by atoms with Crippen LogP contribution in [-0.2, 0) is 5.41 Å². The van der Waals surface area contributed by atoms with Gasteiger partial charge in [-0.2, -0.15) is 0 Å². The number of halogens is 1. The Morgan fingerprint density at radius 2 is 1.62 bits per heavy atom. The minimum absolute atomic E-state index is 0.00113. The summed E-state index contributed by atoms with van der Waals surface area (Å²) in [5.74, 6) is -0.204. The third kappa shape index (κ3) is 3.28. The van der Waals surface area contributed by atoms with E-state index in [1.165, 1.54) is 5.56 Å². The van der Waals surface area contributed by atoms with Gasteiger partial charge in [0.25, 0.3) is 5.91 Å². The van der Waals surface area contributed by atoms with Gasteiger partial charge in [0.1, 0.15) is 5.58 Å². The zero-order valence-electron chi connectivity index (χ0n) is 18.1. The molecule has 1 atom stereocenters. The van der Waals surface area contributed by atoms with Gasteiger partial charge in [-0.3, -0.25) is 14.5 Å². The number of fused-ring (bicyclic) bond motifs is 2. The summed E-state index contributed by atoms with van der Waals surface area (Å²) in [5, 5.41) is 0.478.